The molecule has 0 radical (unpaired) electrons. The van der Waals surface area contributed by atoms with Crippen LogP contribution in [-0.4, -0.2) is 45.0 Å². The number of carbonyl (C=O) groups is 6. The van der Waals surface area contributed by atoms with Crippen molar-refractivity contribution in [2.24, 2.45) is 0 Å². The fraction of sp³-hybridized carbons (Fsp3) is 0.0833. The minimum atomic E-state index is -1.30. The van der Waals surface area contributed by atoms with Crippen molar-refractivity contribution < 1.29 is 55.8 Å². The van der Waals surface area contributed by atoms with Gasteiger partial charge in [0.15, 0.2) is 46.4 Å². The summed E-state index contributed by atoms with van der Waals surface area (Å²) in [6.07, 6.45) is 5.55. The van der Waals surface area contributed by atoms with Crippen molar-refractivity contribution in [3.8, 4) is 0 Å². The molecular formula is C48H24F4N2O8S2. The van der Waals surface area contributed by atoms with E-state index in [9.17, 15) is 46.3 Å². The summed E-state index contributed by atoms with van der Waals surface area (Å²) in [7, 11) is 0. The van der Waals surface area contributed by atoms with Crippen LogP contribution in [0.3, 0.4) is 0 Å². The van der Waals surface area contributed by atoms with Crippen LogP contribution in [0.1, 0.15) is 95.6 Å². The first kappa shape index (κ1) is 40.5. The van der Waals surface area contributed by atoms with E-state index < -0.39 is 81.3 Å². The number of rotatable bonds is 8. The molecule has 4 aliphatic carbocycles. The normalized spacial score (nSPS) is 16.9. The van der Waals surface area contributed by atoms with Crippen LogP contribution >= 0.6 is 22.7 Å². The summed E-state index contributed by atoms with van der Waals surface area (Å²) in [5.74, 6) is -11.7. The number of thiazole rings is 2. The van der Waals surface area contributed by atoms with Crippen LogP contribution in [0.4, 0.5) is 17.6 Å². The van der Waals surface area contributed by atoms with Gasteiger partial charge in [0.25, 0.3) is 0 Å². The average molecular weight is 897 g/mol. The molecule has 4 aromatic carbocycles. The lowest BCUT2D eigenvalue weighted by Crippen LogP contribution is -2.23. The molecule has 10 rings (SSSR count). The second-order valence-corrected chi connectivity index (χ2v) is 17.0. The van der Waals surface area contributed by atoms with E-state index in [-0.39, 0.29) is 68.0 Å². The van der Waals surface area contributed by atoms with Gasteiger partial charge in [-0.3, -0.25) is 19.2 Å². The number of nitrogens with zero attached hydrogens (tertiary/aromatic N) is 2. The maximum Gasteiger partial charge on any atom is 0.340 e. The molecule has 2 aromatic heterocycles. The van der Waals surface area contributed by atoms with E-state index in [4.69, 9.17) is 9.47 Å². The Morgan fingerprint density at radius 1 is 0.531 bits per heavy atom. The fourth-order valence-electron chi connectivity index (χ4n) is 7.93. The number of benzene rings is 4. The molecule has 0 N–H and O–H groups in total. The minimum absolute atomic E-state index is 0.00649. The van der Waals surface area contributed by atoms with Crippen molar-refractivity contribution in [2.75, 3.05) is 0 Å². The number of ether oxygens (including phenoxy) is 2. The number of fused-ring (bicyclic) bond motifs is 7. The molecule has 0 fully saturated rings. The molecule has 0 saturated carbocycles. The number of halogens is 4. The lowest BCUT2D eigenvalue weighted by atomic mass is 9.76. The van der Waals surface area contributed by atoms with E-state index in [1.54, 1.807) is 72.8 Å². The van der Waals surface area contributed by atoms with Gasteiger partial charge < -0.3 is 9.47 Å². The molecule has 0 spiro atoms. The van der Waals surface area contributed by atoms with Gasteiger partial charge >= 0.3 is 11.9 Å². The second kappa shape index (κ2) is 15.7. The molecule has 4 aliphatic rings. The Hall–Kier alpha value is -7.56. The van der Waals surface area contributed by atoms with Crippen LogP contribution in [0.15, 0.2) is 108 Å². The Morgan fingerprint density at radius 2 is 0.859 bits per heavy atom. The number of esters is 2. The summed E-state index contributed by atoms with van der Waals surface area (Å²) >= 11 is 1.99. The highest BCUT2D eigenvalue weighted by Gasteiger charge is 2.44. The van der Waals surface area contributed by atoms with E-state index in [0.717, 1.165) is 22.7 Å². The van der Waals surface area contributed by atoms with Crippen LogP contribution in [0.25, 0.3) is 23.3 Å². The first-order valence-corrected chi connectivity index (χ1v) is 21.0. The number of aromatic nitrogens is 2. The zero-order chi connectivity index (χ0) is 44.6. The van der Waals surface area contributed by atoms with Crippen LogP contribution in [0.2, 0.25) is 0 Å². The van der Waals surface area contributed by atoms with Crippen LogP contribution < -0.4 is 0 Å². The van der Waals surface area contributed by atoms with E-state index >= 15 is 0 Å². The van der Waals surface area contributed by atoms with Crippen molar-refractivity contribution in [1.29, 1.82) is 0 Å². The molecule has 0 amide bonds. The topological polar surface area (TPSA) is 147 Å². The Morgan fingerprint density at radius 3 is 1.19 bits per heavy atom. The number of carbonyl (C=O) groups excluding carboxylic acids is 6. The third-order valence-electron chi connectivity index (χ3n) is 11.0. The maximum absolute atomic E-state index is 14.2. The van der Waals surface area contributed by atoms with Crippen molar-refractivity contribution in [3.05, 3.63) is 196 Å². The summed E-state index contributed by atoms with van der Waals surface area (Å²) in [6.45, 7) is -0.232. The minimum Gasteiger partial charge on any atom is -0.457 e. The number of ketones is 4. The zero-order valence-corrected chi connectivity index (χ0v) is 34.1. The van der Waals surface area contributed by atoms with Gasteiger partial charge in [0.05, 0.1) is 33.7 Å². The van der Waals surface area contributed by atoms with Crippen LogP contribution in [0, 0.1) is 23.3 Å². The van der Waals surface area contributed by atoms with Crippen molar-refractivity contribution in [3.63, 3.8) is 0 Å². The van der Waals surface area contributed by atoms with E-state index in [1.807, 2.05) is 0 Å². The number of hydrogen-bond donors (Lipinski definition) is 0. The largest absolute Gasteiger partial charge is 0.457 e. The quantitative estimate of drug-likeness (QED) is 0.0627. The SMILES string of the molecule is O=C(OCc1ccccc1)C1=CC2c3sc(C=C4C(=O)c5cc(F)c(F)cc5C4=O)nc3C(C(=O)OCc3ccccc3)=CC2c2sc(C=C3C(=O)c4cc(F)c(F)cc4C3=O)nc21. The number of hydrogen-bond acceptors (Lipinski definition) is 12. The van der Waals surface area contributed by atoms with Gasteiger partial charge in [0.1, 0.15) is 23.2 Å². The average Bonchev–Trinajstić information content (AvgIpc) is 4.03. The Balaban J connectivity index is 1.09. The Labute approximate surface area is 366 Å². The molecule has 0 bridgehead atoms. The molecule has 6 aromatic rings. The molecule has 2 atom stereocenters. The van der Waals surface area contributed by atoms with Gasteiger partial charge in [0.2, 0.25) is 0 Å². The second-order valence-electron chi connectivity index (χ2n) is 14.9. The van der Waals surface area contributed by atoms with E-state index in [2.05, 4.69) is 9.97 Å². The van der Waals surface area contributed by atoms with Crippen molar-refractivity contribution >= 4 is 81.0 Å². The summed E-state index contributed by atoms with van der Waals surface area (Å²) < 4.78 is 68.2. The highest BCUT2D eigenvalue weighted by atomic mass is 32.1. The predicted molar refractivity (Wildman–Crippen MR) is 224 cm³/mol. The van der Waals surface area contributed by atoms with E-state index in [1.165, 1.54) is 12.2 Å². The molecule has 16 heteroatoms. The van der Waals surface area contributed by atoms with E-state index in [0.29, 0.717) is 45.1 Å². The predicted octanol–water partition coefficient (Wildman–Crippen LogP) is 9.23. The molecule has 2 heterocycles. The molecule has 64 heavy (non-hydrogen) atoms. The highest BCUT2D eigenvalue weighted by Crippen LogP contribution is 2.54. The van der Waals surface area contributed by atoms with Gasteiger partial charge in [-0.2, -0.15) is 0 Å². The third-order valence-corrected chi connectivity index (χ3v) is 13.2. The summed E-state index contributed by atoms with van der Waals surface area (Å²) in [5, 5.41) is 0.149. The summed E-state index contributed by atoms with van der Waals surface area (Å²) in [4.78, 5) is 91.9. The Kier molecular flexibility index (Phi) is 9.91. The zero-order valence-electron chi connectivity index (χ0n) is 32.4. The van der Waals surface area contributed by atoms with Gasteiger partial charge in [-0.15, -0.1) is 22.7 Å². The van der Waals surface area contributed by atoms with Gasteiger partial charge in [-0.1, -0.05) is 72.8 Å². The lowest BCUT2D eigenvalue weighted by molar-refractivity contribution is -0.138. The number of Topliss-reactive ketones (excluding diaryl/α,β-unsaturated/α-hetero) is 4. The summed E-state index contributed by atoms with van der Waals surface area (Å²) in [6, 6.07) is 20.4. The maximum atomic E-state index is 14.2. The highest BCUT2D eigenvalue weighted by molar-refractivity contribution is 7.13. The smallest absolute Gasteiger partial charge is 0.340 e. The molecular weight excluding hydrogens is 873 g/mol. The first-order valence-electron chi connectivity index (χ1n) is 19.3. The summed E-state index contributed by atoms with van der Waals surface area (Å²) in [5.41, 5.74) is -0.488. The van der Waals surface area contributed by atoms with Crippen molar-refractivity contribution in [2.45, 2.75) is 25.0 Å². The van der Waals surface area contributed by atoms with Crippen LogP contribution in [-0.2, 0) is 32.3 Å². The molecule has 2 unspecified atom stereocenters. The van der Waals surface area contributed by atoms with Crippen molar-refractivity contribution in [1.82, 2.24) is 9.97 Å². The Bertz CT molecular complexity index is 2940. The monoisotopic (exact) mass is 896 g/mol. The standard InChI is InChI=1S/C48H24F4N2O8S2/c49-33-13-23-24(14-34(33)50)42(56)31(41(23)55)17-37-53-39-29(47(59)61-19-21-7-3-1-4-8-21)11-27-28(45(39)63-37)12-30(48(60)62-20-22-9-5-2-6-10-22)40-46(27)64-38(54-40)18-32-43(57)25-15-35(51)36(52)16-26(25)44(32)58/h1-18,27-28H,19-20H2. The van der Waals surface area contributed by atoms with Gasteiger partial charge in [-0.25, -0.2) is 37.1 Å². The first-order chi connectivity index (χ1) is 30.8. The molecule has 0 saturated heterocycles. The van der Waals surface area contributed by atoms with Gasteiger partial charge in [-0.05, 0) is 47.5 Å². The molecule has 0 aliphatic heterocycles. The number of allylic oxidation sites excluding steroid dienone is 4. The molecule has 10 nitrogen and oxygen atoms in total. The lowest BCUT2D eigenvalue weighted by Gasteiger charge is -2.30. The van der Waals surface area contributed by atoms with Gasteiger partial charge in [0, 0.05) is 43.8 Å². The third kappa shape index (κ3) is 6.87. The van der Waals surface area contributed by atoms with Crippen LogP contribution in [0.5, 0.6) is 0 Å². The fourth-order valence-corrected chi connectivity index (χ4v) is 10.2. The molecule has 314 valence electrons.